The van der Waals surface area contributed by atoms with E-state index in [-0.39, 0.29) is 0 Å². The SMILES string of the molecule is c1cc2c(cn1)CCC2.c1cc2c(cn1)CCC2.c1cnc2c(c1)CCC2.c1cnc2c(c1)CCC2. The second-order valence-corrected chi connectivity index (χ2v) is 9.92. The van der Waals surface area contributed by atoms with E-state index < -0.39 is 0 Å². The third kappa shape index (κ3) is 6.42. The highest BCUT2D eigenvalue weighted by Gasteiger charge is 2.10. The van der Waals surface area contributed by atoms with Crippen molar-refractivity contribution in [1.29, 1.82) is 0 Å². The van der Waals surface area contributed by atoms with Crippen LogP contribution in [0.5, 0.6) is 0 Å². The molecular formula is C32H36N4. The third-order valence-electron chi connectivity index (χ3n) is 7.48. The summed E-state index contributed by atoms with van der Waals surface area (Å²) in [6.45, 7) is 0. The van der Waals surface area contributed by atoms with Gasteiger partial charge >= 0.3 is 0 Å². The maximum absolute atomic E-state index is 4.26. The topological polar surface area (TPSA) is 51.6 Å². The van der Waals surface area contributed by atoms with Crippen molar-refractivity contribution in [3.63, 3.8) is 0 Å². The maximum Gasteiger partial charge on any atom is 0.0435 e. The molecule has 0 saturated heterocycles. The molecule has 0 unspecified atom stereocenters. The molecule has 0 spiro atoms. The maximum atomic E-state index is 4.26. The standard InChI is InChI=1S/4C8H9N/c2*1-3-7-4-2-6-9-8(7)5-1;2*1-2-7-4-5-9-6-8(7)3-1/h2*2,4,6H,1,3,5H2;2*4-6H,1-3H2. The van der Waals surface area contributed by atoms with E-state index in [0.29, 0.717) is 0 Å². The summed E-state index contributed by atoms with van der Waals surface area (Å²) in [4.78, 5) is 16.6. The number of aryl methyl sites for hydroxylation is 8. The molecule has 4 nitrogen and oxygen atoms in total. The lowest BCUT2D eigenvalue weighted by molar-refractivity contribution is 0.899. The van der Waals surface area contributed by atoms with Gasteiger partial charge in [0.1, 0.15) is 0 Å². The summed E-state index contributed by atoms with van der Waals surface area (Å²) in [5.41, 5.74) is 11.5. The first-order chi connectivity index (χ1) is 17.9. The first-order valence-corrected chi connectivity index (χ1v) is 13.6. The number of fused-ring (bicyclic) bond motifs is 4. The Morgan fingerprint density at radius 1 is 0.389 bits per heavy atom. The largest absolute Gasteiger partial charge is 0.264 e. The number of rotatable bonds is 0. The summed E-state index contributed by atoms with van der Waals surface area (Å²) in [5, 5.41) is 0. The van der Waals surface area contributed by atoms with E-state index in [1.54, 1.807) is 0 Å². The highest BCUT2D eigenvalue weighted by atomic mass is 14.7. The van der Waals surface area contributed by atoms with Gasteiger partial charge in [-0.05, 0) is 135 Å². The summed E-state index contributed by atoms with van der Waals surface area (Å²) in [7, 11) is 0. The van der Waals surface area contributed by atoms with E-state index >= 15 is 0 Å². The lowest BCUT2D eigenvalue weighted by Gasteiger charge is -1.92. The number of hydrogen-bond acceptors (Lipinski definition) is 4. The van der Waals surface area contributed by atoms with Gasteiger partial charge in [0.05, 0.1) is 0 Å². The van der Waals surface area contributed by atoms with Crippen LogP contribution in [0.3, 0.4) is 0 Å². The van der Waals surface area contributed by atoms with E-state index in [0.717, 1.165) is 0 Å². The minimum atomic E-state index is 1.19. The third-order valence-corrected chi connectivity index (χ3v) is 7.48. The van der Waals surface area contributed by atoms with Crippen LogP contribution in [0.2, 0.25) is 0 Å². The monoisotopic (exact) mass is 476 g/mol. The van der Waals surface area contributed by atoms with Crippen molar-refractivity contribution in [2.45, 2.75) is 77.0 Å². The molecule has 4 heteroatoms. The first-order valence-electron chi connectivity index (χ1n) is 13.6. The van der Waals surface area contributed by atoms with E-state index in [9.17, 15) is 0 Å². The normalized spacial score (nSPS) is 15.6. The molecule has 4 aromatic heterocycles. The fourth-order valence-electron chi connectivity index (χ4n) is 5.53. The molecule has 4 aromatic rings. The molecule has 0 aliphatic heterocycles. The minimum absolute atomic E-state index is 1.19. The Balaban J connectivity index is 0.0000000988. The second-order valence-electron chi connectivity index (χ2n) is 9.92. The molecule has 8 rings (SSSR count). The summed E-state index contributed by atoms with van der Waals surface area (Å²) >= 11 is 0. The van der Waals surface area contributed by atoms with Gasteiger partial charge < -0.3 is 0 Å². The van der Waals surface area contributed by atoms with Crippen LogP contribution in [0.25, 0.3) is 0 Å². The Labute approximate surface area is 215 Å². The number of aromatic nitrogens is 4. The molecule has 184 valence electrons. The van der Waals surface area contributed by atoms with Crippen molar-refractivity contribution < 1.29 is 0 Å². The zero-order valence-electron chi connectivity index (χ0n) is 21.2. The van der Waals surface area contributed by atoms with Crippen molar-refractivity contribution in [3.05, 3.63) is 118 Å². The van der Waals surface area contributed by atoms with Gasteiger partial charge in [-0.25, -0.2) is 0 Å². The molecular weight excluding hydrogens is 440 g/mol. The first kappa shape index (κ1) is 24.3. The van der Waals surface area contributed by atoms with Crippen molar-refractivity contribution in [3.8, 4) is 0 Å². The predicted octanol–water partition coefficient (Wildman–Crippen LogP) is 6.28. The molecule has 0 fully saturated rings. The van der Waals surface area contributed by atoms with Crippen molar-refractivity contribution in [2.75, 3.05) is 0 Å². The Morgan fingerprint density at radius 2 is 0.806 bits per heavy atom. The van der Waals surface area contributed by atoms with E-state index in [1.165, 1.54) is 122 Å². The van der Waals surface area contributed by atoms with E-state index in [1.807, 2.05) is 49.3 Å². The van der Waals surface area contributed by atoms with Crippen LogP contribution < -0.4 is 0 Å². The molecule has 4 heterocycles. The lowest BCUT2D eigenvalue weighted by atomic mass is 10.2. The number of hydrogen-bond donors (Lipinski definition) is 0. The molecule has 0 radical (unpaired) electrons. The van der Waals surface area contributed by atoms with Crippen LogP contribution in [-0.2, 0) is 51.4 Å². The summed E-state index contributed by atoms with van der Waals surface area (Å²) < 4.78 is 0. The number of pyridine rings is 4. The molecule has 4 aliphatic rings. The lowest BCUT2D eigenvalue weighted by Crippen LogP contribution is -1.83. The van der Waals surface area contributed by atoms with Crippen LogP contribution in [0.4, 0.5) is 0 Å². The molecule has 0 atom stereocenters. The van der Waals surface area contributed by atoms with Crippen molar-refractivity contribution >= 4 is 0 Å². The average molecular weight is 477 g/mol. The Hall–Kier alpha value is -3.40. The van der Waals surface area contributed by atoms with Gasteiger partial charge in [-0.15, -0.1) is 0 Å². The van der Waals surface area contributed by atoms with Crippen LogP contribution in [0, 0.1) is 0 Å². The average Bonchev–Trinajstić information content (AvgIpc) is 3.76. The van der Waals surface area contributed by atoms with Gasteiger partial charge in [-0.2, -0.15) is 0 Å². The molecule has 0 aromatic carbocycles. The molecule has 36 heavy (non-hydrogen) atoms. The van der Waals surface area contributed by atoms with Gasteiger partial charge in [-0.3, -0.25) is 19.9 Å². The molecule has 0 N–H and O–H groups in total. The molecule has 0 bridgehead atoms. The van der Waals surface area contributed by atoms with Gasteiger partial charge in [0.25, 0.3) is 0 Å². The van der Waals surface area contributed by atoms with Crippen molar-refractivity contribution in [2.24, 2.45) is 0 Å². The van der Waals surface area contributed by atoms with Crippen LogP contribution >= 0.6 is 0 Å². The summed E-state index contributed by atoms with van der Waals surface area (Å²) in [6, 6.07) is 12.6. The Bertz CT molecular complexity index is 976. The van der Waals surface area contributed by atoms with Gasteiger partial charge in [0.15, 0.2) is 0 Å². The van der Waals surface area contributed by atoms with Gasteiger partial charge in [-0.1, -0.05) is 12.1 Å². The van der Waals surface area contributed by atoms with Crippen molar-refractivity contribution in [1.82, 2.24) is 19.9 Å². The Kier molecular flexibility index (Phi) is 8.46. The zero-order valence-corrected chi connectivity index (χ0v) is 21.2. The summed E-state index contributed by atoms with van der Waals surface area (Å²) in [5.74, 6) is 0. The fourth-order valence-corrected chi connectivity index (χ4v) is 5.53. The van der Waals surface area contributed by atoms with Gasteiger partial charge in [0, 0.05) is 48.6 Å². The highest BCUT2D eigenvalue weighted by Crippen LogP contribution is 2.20. The molecule has 0 amide bonds. The van der Waals surface area contributed by atoms with Crippen LogP contribution in [-0.4, -0.2) is 19.9 Å². The molecule has 0 saturated carbocycles. The second kappa shape index (κ2) is 12.5. The highest BCUT2D eigenvalue weighted by molar-refractivity contribution is 5.28. The minimum Gasteiger partial charge on any atom is -0.264 e. The molecule has 4 aliphatic carbocycles. The van der Waals surface area contributed by atoms with Crippen LogP contribution in [0.15, 0.2) is 73.6 Å². The van der Waals surface area contributed by atoms with E-state index in [2.05, 4.69) is 44.2 Å². The predicted molar refractivity (Wildman–Crippen MR) is 145 cm³/mol. The quantitative estimate of drug-likeness (QED) is 0.300. The Morgan fingerprint density at radius 3 is 1.25 bits per heavy atom. The number of nitrogens with zero attached hydrogens (tertiary/aromatic N) is 4. The van der Waals surface area contributed by atoms with Gasteiger partial charge in [0.2, 0.25) is 0 Å². The zero-order chi connectivity index (χ0) is 24.4. The van der Waals surface area contributed by atoms with E-state index in [4.69, 9.17) is 0 Å². The smallest absolute Gasteiger partial charge is 0.0435 e. The van der Waals surface area contributed by atoms with Crippen LogP contribution in [0.1, 0.15) is 70.5 Å². The fraction of sp³-hybridized carbons (Fsp3) is 0.375. The summed E-state index contributed by atoms with van der Waals surface area (Å²) in [6.07, 6.45) is 26.6.